The van der Waals surface area contributed by atoms with E-state index in [1.165, 1.54) is 5.56 Å². The Balaban J connectivity index is 0.000000921. The second-order valence-corrected chi connectivity index (χ2v) is 3.47. The summed E-state index contributed by atoms with van der Waals surface area (Å²) in [6.45, 7) is 6.18. The van der Waals surface area contributed by atoms with Crippen molar-refractivity contribution in [2.45, 2.75) is 33.6 Å². The third-order valence-corrected chi connectivity index (χ3v) is 2.24. The van der Waals surface area contributed by atoms with Crippen molar-refractivity contribution in [2.75, 3.05) is 0 Å². The first-order chi connectivity index (χ1) is 7.19. The molecule has 0 unspecified atom stereocenters. The fourth-order valence-corrected chi connectivity index (χ4v) is 1.66. The van der Waals surface area contributed by atoms with Crippen LogP contribution in [0.4, 0.5) is 0 Å². The molecule has 0 atom stereocenters. The van der Waals surface area contributed by atoms with E-state index in [1.54, 1.807) is 0 Å². The monoisotopic (exact) mass is 427 g/mol. The molecule has 0 saturated carbocycles. The van der Waals surface area contributed by atoms with E-state index in [2.05, 4.69) is 62.4 Å². The van der Waals surface area contributed by atoms with Crippen molar-refractivity contribution in [1.29, 1.82) is 5.26 Å². The Morgan fingerprint density at radius 1 is 1.20 bits per heavy atom. The highest BCUT2D eigenvalue weighted by atomic mass is 128. The molecule has 1 aromatic rings. The fraction of sp³-hybridized carbons (Fsp3) is 0.417. The number of benzene rings is 1. The minimum atomic E-state index is 0.833. The zero-order valence-electron chi connectivity index (χ0n) is 9.27. The molecular weight excluding hydrogens is 412 g/mol. The third-order valence-electron chi connectivity index (χ3n) is 2.24. The average molecular weight is 427 g/mol. The molecule has 15 heavy (non-hydrogen) atoms. The number of aryl methyl sites for hydroxylation is 3. The van der Waals surface area contributed by atoms with E-state index in [-0.39, 0.29) is 0 Å². The van der Waals surface area contributed by atoms with Gasteiger partial charge in [-0.3, -0.25) is 0 Å². The van der Waals surface area contributed by atoms with Gasteiger partial charge in [0.25, 0.3) is 0 Å². The van der Waals surface area contributed by atoms with Gasteiger partial charge in [-0.05, 0) is 37.0 Å². The van der Waals surface area contributed by atoms with E-state index in [1.807, 2.05) is 13.8 Å². The molecule has 0 aliphatic heterocycles. The lowest BCUT2D eigenvalue weighted by molar-refractivity contribution is 0.917. The standard InChI is InChI=1S/C12H15N.I2/c1-4-5-11-6-9(2)12(8-13)10(3)7-11;1-2/h6-7H,4-5H2,1-3H3;. The summed E-state index contributed by atoms with van der Waals surface area (Å²) in [4.78, 5) is 0. The van der Waals surface area contributed by atoms with Gasteiger partial charge in [0.2, 0.25) is 0 Å². The van der Waals surface area contributed by atoms with Gasteiger partial charge in [0.15, 0.2) is 0 Å². The summed E-state index contributed by atoms with van der Waals surface area (Å²) >= 11 is 4.24. The molecule has 0 bridgehead atoms. The van der Waals surface area contributed by atoms with E-state index in [4.69, 9.17) is 5.26 Å². The van der Waals surface area contributed by atoms with Gasteiger partial charge < -0.3 is 0 Å². The predicted molar refractivity (Wildman–Crippen MR) is 82.7 cm³/mol. The van der Waals surface area contributed by atoms with Crippen molar-refractivity contribution < 1.29 is 0 Å². The Bertz CT molecular complexity index is 330. The molecule has 0 spiro atoms. The fourth-order valence-electron chi connectivity index (χ4n) is 1.66. The molecule has 0 heterocycles. The predicted octanol–water partition coefficient (Wildman–Crippen LogP) is 4.90. The first-order valence-electron chi connectivity index (χ1n) is 4.83. The third kappa shape index (κ3) is 4.68. The van der Waals surface area contributed by atoms with E-state index < -0.39 is 0 Å². The quantitative estimate of drug-likeness (QED) is 0.617. The second-order valence-electron chi connectivity index (χ2n) is 3.47. The lowest BCUT2D eigenvalue weighted by Gasteiger charge is -2.05. The van der Waals surface area contributed by atoms with Crippen LogP contribution in [-0.4, -0.2) is 0 Å². The summed E-state index contributed by atoms with van der Waals surface area (Å²) in [5.41, 5.74) is 4.38. The van der Waals surface area contributed by atoms with Gasteiger partial charge >= 0.3 is 0 Å². The topological polar surface area (TPSA) is 23.8 Å². The Kier molecular flexibility index (Phi) is 8.43. The van der Waals surface area contributed by atoms with E-state index in [9.17, 15) is 0 Å². The summed E-state index contributed by atoms with van der Waals surface area (Å²) in [6.07, 6.45) is 2.26. The summed E-state index contributed by atoms with van der Waals surface area (Å²) in [6, 6.07) is 6.47. The maximum Gasteiger partial charge on any atom is 0.0997 e. The molecule has 0 radical (unpaired) electrons. The van der Waals surface area contributed by atoms with Gasteiger partial charge in [-0.2, -0.15) is 5.26 Å². The van der Waals surface area contributed by atoms with Crippen molar-refractivity contribution in [3.05, 3.63) is 34.4 Å². The Labute approximate surface area is 116 Å². The van der Waals surface area contributed by atoms with Gasteiger partial charge in [0, 0.05) is 37.2 Å². The zero-order valence-corrected chi connectivity index (χ0v) is 13.6. The van der Waals surface area contributed by atoms with Gasteiger partial charge in [0.05, 0.1) is 11.6 Å². The maximum atomic E-state index is 8.87. The summed E-state index contributed by atoms with van der Waals surface area (Å²) < 4.78 is 0. The van der Waals surface area contributed by atoms with Crippen molar-refractivity contribution in [2.24, 2.45) is 0 Å². The molecule has 0 saturated heterocycles. The van der Waals surface area contributed by atoms with Crippen LogP contribution in [0.1, 0.15) is 35.6 Å². The van der Waals surface area contributed by atoms with Crippen molar-refractivity contribution in [3.63, 3.8) is 0 Å². The zero-order chi connectivity index (χ0) is 11.8. The normalized spacial score (nSPS) is 8.80. The smallest absolute Gasteiger partial charge is 0.0997 e. The van der Waals surface area contributed by atoms with Crippen LogP contribution < -0.4 is 0 Å². The molecule has 82 valence electrons. The minimum absolute atomic E-state index is 0.833. The second kappa shape index (κ2) is 8.34. The Hall–Kier alpha value is 0.170. The molecule has 0 aliphatic carbocycles. The molecule has 1 rings (SSSR count). The number of rotatable bonds is 2. The highest BCUT2D eigenvalue weighted by Crippen LogP contribution is 2.16. The first kappa shape index (κ1) is 15.2. The lowest BCUT2D eigenvalue weighted by atomic mass is 9.98. The van der Waals surface area contributed by atoms with Gasteiger partial charge in [-0.25, -0.2) is 0 Å². The van der Waals surface area contributed by atoms with Crippen LogP contribution in [0.3, 0.4) is 0 Å². The van der Waals surface area contributed by atoms with E-state index in [0.29, 0.717) is 0 Å². The number of hydrogen-bond donors (Lipinski definition) is 0. The molecule has 0 aromatic heterocycles. The Morgan fingerprint density at radius 3 is 2.00 bits per heavy atom. The first-order valence-corrected chi connectivity index (χ1v) is 11.1. The van der Waals surface area contributed by atoms with Crippen molar-refractivity contribution in [1.82, 2.24) is 0 Å². The molecule has 0 amide bonds. The van der Waals surface area contributed by atoms with Crippen LogP contribution in [0.25, 0.3) is 0 Å². The number of hydrogen-bond acceptors (Lipinski definition) is 1. The highest BCUT2D eigenvalue weighted by Gasteiger charge is 2.03. The number of nitriles is 1. The maximum absolute atomic E-state index is 8.87. The summed E-state index contributed by atoms with van der Waals surface area (Å²) in [5.74, 6) is 0. The summed E-state index contributed by atoms with van der Waals surface area (Å²) in [5, 5.41) is 8.87. The van der Waals surface area contributed by atoms with Gasteiger partial charge in [-0.1, -0.05) is 25.5 Å². The average Bonchev–Trinajstić information content (AvgIpc) is 2.21. The van der Waals surface area contributed by atoms with Crippen LogP contribution in [0.5, 0.6) is 0 Å². The van der Waals surface area contributed by atoms with Gasteiger partial charge in [-0.15, -0.1) is 0 Å². The molecule has 0 fully saturated rings. The van der Waals surface area contributed by atoms with Crippen molar-refractivity contribution >= 4 is 37.2 Å². The largest absolute Gasteiger partial charge is 0.192 e. The van der Waals surface area contributed by atoms with E-state index in [0.717, 1.165) is 29.5 Å². The van der Waals surface area contributed by atoms with Crippen LogP contribution in [0, 0.1) is 25.2 Å². The number of halogens is 2. The minimum Gasteiger partial charge on any atom is -0.192 e. The van der Waals surface area contributed by atoms with Crippen LogP contribution in [0.2, 0.25) is 0 Å². The lowest BCUT2D eigenvalue weighted by Crippen LogP contribution is -1.92. The SMILES string of the molecule is CCCc1cc(C)c(C#N)c(C)c1.II. The molecule has 1 nitrogen and oxygen atoms in total. The van der Waals surface area contributed by atoms with Crippen LogP contribution in [0.15, 0.2) is 12.1 Å². The van der Waals surface area contributed by atoms with E-state index >= 15 is 0 Å². The highest BCUT2D eigenvalue weighted by molar-refractivity contribution is 15.0. The molecule has 0 N–H and O–H groups in total. The summed E-state index contributed by atoms with van der Waals surface area (Å²) in [7, 11) is 0. The van der Waals surface area contributed by atoms with Crippen LogP contribution in [-0.2, 0) is 6.42 Å². The van der Waals surface area contributed by atoms with Crippen LogP contribution >= 0.6 is 37.2 Å². The Morgan fingerprint density at radius 2 is 1.67 bits per heavy atom. The molecule has 1 aromatic carbocycles. The molecule has 0 aliphatic rings. The molecule has 3 heteroatoms. The number of nitrogens with zero attached hydrogens (tertiary/aromatic N) is 1. The molecular formula is C12H15I2N. The van der Waals surface area contributed by atoms with Crippen molar-refractivity contribution in [3.8, 4) is 6.07 Å². The van der Waals surface area contributed by atoms with Gasteiger partial charge in [0.1, 0.15) is 0 Å².